The van der Waals surface area contributed by atoms with E-state index in [0.29, 0.717) is 18.4 Å². The number of hydrogen-bond donors (Lipinski definition) is 0. The van der Waals surface area contributed by atoms with Crippen molar-refractivity contribution in [1.29, 1.82) is 0 Å². The summed E-state index contributed by atoms with van der Waals surface area (Å²) in [6.45, 7) is 2.01. The van der Waals surface area contributed by atoms with Crippen LogP contribution in [0.1, 0.15) is 39.1 Å². The Balaban J connectivity index is 1.65. The van der Waals surface area contributed by atoms with E-state index in [1.54, 1.807) is 0 Å². The van der Waals surface area contributed by atoms with Crippen LogP contribution in [0.25, 0.3) is 0 Å². The van der Waals surface area contributed by atoms with E-state index in [2.05, 4.69) is 0 Å². The van der Waals surface area contributed by atoms with Gasteiger partial charge in [-0.3, -0.25) is 9.59 Å². The van der Waals surface area contributed by atoms with Crippen molar-refractivity contribution >= 4 is 11.6 Å². The molecular weight excluding hydrogens is 322 g/mol. The van der Waals surface area contributed by atoms with Crippen LogP contribution in [0.4, 0.5) is 0 Å². The zero-order valence-electron chi connectivity index (χ0n) is 15.2. The Morgan fingerprint density at radius 3 is 2.27 bits per heavy atom. The first-order chi connectivity index (χ1) is 12.5. The summed E-state index contributed by atoms with van der Waals surface area (Å²) in [5, 5.41) is 0. The number of benzene rings is 2. The van der Waals surface area contributed by atoms with Gasteiger partial charge >= 0.3 is 0 Å². The highest BCUT2D eigenvalue weighted by molar-refractivity contribution is 5.98. The molecule has 1 aliphatic heterocycles. The van der Waals surface area contributed by atoms with Crippen LogP contribution < -0.4 is 0 Å². The van der Waals surface area contributed by atoms with E-state index in [1.165, 1.54) is 0 Å². The molecule has 0 aromatic heterocycles. The van der Waals surface area contributed by atoms with Crippen LogP contribution in [0.2, 0.25) is 0 Å². The van der Waals surface area contributed by atoms with Crippen molar-refractivity contribution in [2.75, 3.05) is 7.05 Å². The Kier molecular flexibility index (Phi) is 5.47. The fourth-order valence-electron chi connectivity index (χ4n) is 3.08. The number of Topliss-reactive ketones (excluding diaryl/α,β-unsaturated/α-hetero) is 2. The highest BCUT2D eigenvalue weighted by atomic mass is 16.1. The largest absolute Gasteiger partial charge is 0.371 e. The van der Waals surface area contributed by atoms with E-state index in [4.69, 9.17) is 0 Å². The predicted molar refractivity (Wildman–Crippen MR) is 104 cm³/mol. The summed E-state index contributed by atoms with van der Waals surface area (Å²) in [7, 11) is 1.95. The molecule has 0 radical (unpaired) electrons. The van der Waals surface area contributed by atoms with Crippen LogP contribution in [-0.2, 0) is 0 Å². The fourth-order valence-corrected chi connectivity index (χ4v) is 3.08. The van der Waals surface area contributed by atoms with Gasteiger partial charge in [0.2, 0.25) is 0 Å². The van der Waals surface area contributed by atoms with Gasteiger partial charge in [-0.25, -0.2) is 0 Å². The fraction of sp³-hybridized carbons (Fsp3) is 0.217. The molecule has 0 saturated carbocycles. The summed E-state index contributed by atoms with van der Waals surface area (Å²) in [5.41, 5.74) is 3.52. The smallest absolute Gasteiger partial charge is 0.168 e. The molecule has 2 aromatic carbocycles. The first-order valence-corrected chi connectivity index (χ1v) is 8.83. The Bertz CT molecular complexity index is 848. The SMILES string of the molecule is Cc1ccc(C(=O)CC2C=CC=C(CC(=O)c3ccccc3)N2C)cc1. The molecule has 3 rings (SSSR count). The molecule has 1 atom stereocenters. The maximum Gasteiger partial charge on any atom is 0.168 e. The van der Waals surface area contributed by atoms with Crippen molar-refractivity contribution in [2.24, 2.45) is 0 Å². The summed E-state index contributed by atoms with van der Waals surface area (Å²) in [6.07, 6.45) is 6.64. The minimum atomic E-state index is -0.0348. The highest BCUT2D eigenvalue weighted by Gasteiger charge is 2.22. The Morgan fingerprint density at radius 1 is 0.923 bits per heavy atom. The maximum absolute atomic E-state index is 12.6. The molecule has 0 spiro atoms. The Labute approximate surface area is 154 Å². The molecule has 0 amide bonds. The van der Waals surface area contributed by atoms with E-state index in [-0.39, 0.29) is 17.6 Å². The van der Waals surface area contributed by atoms with Crippen molar-refractivity contribution in [3.8, 4) is 0 Å². The van der Waals surface area contributed by atoms with Gasteiger partial charge < -0.3 is 4.90 Å². The van der Waals surface area contributed by atoms with Crippen LogP contribution in [0, 0.1) is 6.92 Å². The number of allylic oxidation sites excluding steroid dienone is 3. The molecule has 1 aliphatic rings. The summed E-state index contributed by atoms with van der Waals surface area (Å²) in [4.78, 5) is 27.1. The number of ketones is 2. The van der Waals surface area contributed by atoms with Crippen molar-refractivity contribution < 1.29 is 9.59 Å². The van der Waals surface area contributed by atoms with Crippen molar-refractivity contribution in [3.05, 3.63) is 95.2 Å². The summed E-state index contributed by atoms with van der Waals surface area (Å²) >= 11 is 0. The standard InChI is InChI=1S/C23H23NO2/c1-17-11-13-19(14-12-17)23(26)16-21-10-6-9-20(24(21)2)15-22(25)18-7-4-3-5-8-18/h3-14,21H,15-16H2,1-2H3. The first-order valence-electron chi connectivity index (χ1n) is 8.83. The third kappa shape index (κ3) is 4.17. The Hall–Kier alpha value is -2.94. The molecule has 0 N–H and O–H groups in total. The highest BCUT2D eigenvalue weighted by Crippen LogP contribution is 2.22. The summed E-state index contributed by atoms with van der Waals surface area (Å²) in [5.74, 6) is 0.199. The minimum Gasteiger partial charge on any atom is -0.371 e. The van der Waals surface area contributed by atoms with Gasteiger partial charge in [0, 0.05) is 30.3 Å². The van der Waals surface area contributed by atoms with Crippen LogP contribution in [0.5, 0.6) is 0 Å². The third-order valence-corrected chi connectivity index (χ3v) is 4.78. The molecule has 3 nitrogen and oxygen atoms in total. The van der Waals surface area contributed by atoms with E-state index in [9.17, 15) is 9.59 Å². The lowest BCUT2D eigenvalue weighted by molar-refractivity contribution is 0.0954. The lowest BCUT2D eigenvalue weighted by Crippen LogP contribution is -2.34. The molecule has 3 heteroatoms. The lowest BCUT2D eigenvalue weighted by atomic mass is 9.98. The number of aryl methyl sites for hydroxylation is 1. The summed E-state index contributed by atoms with van der Waals surface area (Å²) < 4.78 is 0. The van der Waals surface area contributed by atoms with Gasteiger partial charge in [0.15, 0.2) is 11.6 Å². The topological polar surface area (TPSA) is 37.4 Å². The number of carbonyl (C=O) groups excluding carboxylic acids is 2. The lowest BCUT2D eigenvalue weighted by Gasteiger charge is -2.32. The van der Waals surface area contributed by atoms with Gasteiger partial charge in [0.05, 0.1) is 12.5 Å². The van der Waals surface area contributed by atoms with E-state index in [0.717, 1.165) is 16.8 Å². The molecule has 26 heavy (non-hydrogen) atoms. The van der Waals surface area contributed by atoms with Gasteiger partial charge in [-0.2, -0.15) is 0 Å². The number of likely N-dealkylation sites (N-methyl/N-ethyl adjacent to an activating group) is 1. The van der Waals surface area contributed by atoms with Gasteiger partial charge in [-0.1, -0.05) is 72.3 Å². The van der Waals surface area contributed by atoms with Gasteiger partial charge in [0.1, 0.15) is 0 Å². The second-order valence-electron chi connectivity index (χ2n) is 6.68. The van der Waals surface area contributed by atoms with Crippen molar-refractivity contribution in [2.45, 2.75) is 25.8 Å². The molecular formula is C23H23NO2. The van der Waals surface area contributed by atoms with E-state index < -0.39 is 0 Å². The number of rotatable bonds is 6. The quantitative estimate of drug-likeness (QED) is 0.718. The molecule has 0 fully saturated rings. The van der Waals surface area contributed by atoms with Crippen molar-refractivity contribution in [3.63, 3.8) is 0 Å². The average Bonchev–Trinajstić information content (AvgIpc) is 2.66. The normalized spacial score (nSPS) is 16.3. The van der Waals surface area contributed by atoms with Crippen molar-refractivity contribution in [1.82, 2.24) is 4.90 Å². The second kappa shape index (κ2) is 7.96. The molecule has 2 aromatic rings. The number of nitrogens with zero attached hydrogens (tertiary/aromatic N) is 1. The van der Waals surface area contributed by atoms with Gasteiger partial charge in [0.25, 0.3) is 0 Å². The van der Waals surface area contributed by atoms with Gasteiger partial charge in [-0.15, -0.1) is 0 Å². The zero-order chi connectivity index (χ0) is 18.5. The molecule has 0 bridgehead atoms. The van der Waals surface area contributed by atoms with Crippen LogP contribution in [-0.4, -0.2) is 29.6 Å². The zero-order valence-corrected chi connectivity index (χ0v) is 15.2. The van der Waals surface area contributed by atoms with Crippen LogP contribution in [0.3, 0.4) is 0 Å². The molecule has 132 valence electrons. The molecule has 1 unspecified atom stereocenters. The average molecular weight is 345 g/mol. The third-order valence-electron chi connectivity index (χ3n) is 4.78. The molecule has 1 heterocycles. The minimum absolute atomic E-state index is 0.0348. The maximum atomic E-state index is 12.6. The monoisotopic (exact) mass is 345 g/mol. The summed E-state index contributed by atoms with van der Waals surface area (Å²) in [6, 6.07) is 16.9. The van der Waals surface area contributed by atoms with E-state index >= 15 is 0 Å². The number of hydrogen-bond acceptors (Lipinski definition) is 3. The molecule has 0 saturated heterocycles. The first kappa shape index (κ1) is 17.9. The van der Waals surface area contributed by atoms with Crippen LogP contribution >= 0.6 is 0 Å². The predicted octanol–water partition coefficient (Wildman–Crippen LogP) is 4.59. The molecule has 0 aliphatic carbocycles. The number of carbonyl (C=O) groups is 2. The second-order valence-corrected chi connectivity index (χ2v) is 6.68. The van der Waals surface area contributed by atoms with Crippen LogP contribution in [0.15, 0.2) is 78.5 Å². The Morgan fingerprint density at radius 2 is 1.58 bits per heavy atom. The van der Waals surface area contributed by atoms with Gasteiger partial charge in [-0.05, 0) is 13.0 Å². The van der Waals surface area contributed by atoms with E-state index in [1.807, 2.05) is 91.7 Å².